The van der Waals surface area contributed by atoms with Crippen molar-refractivity contribution in [3.05, 3.63) is 46.6 Å². The number of carbonyl (C=O) groups excluding carboxylic acids is 1. The van der Waals surface area contributed by atoms with Gasteiger partial charge in [-0.2, -0.15) is 13.2 Å². The number of hydrogen-bond donors (Lipinski definition) is 1. The van der Waals surface area contributed by atoms with Crippen LogP contribution in [0.3, 0.4) is 0 Å². The molecule has 1 saturated heterocycles. The van der Waals surface area contributed by atoms with E-state index in [0.717, 1.165) is 28.1 Å². The summed E-state index contributed by atoms with van der Waals surface area (Å²) in [5, 5.41) is 3.53. The number of aryl methyl sites for hydroxylation is 1. The number of alkyl halides is 3. The Balaban J connectivity index is 1.82. The summed E-state index contributed by atoms with van der Waals surface area (Å²) in [6, 6.07) is 4.58. The van der Waals surface area contributed by atoms with Crippen molar-refractivity contribution < 1.29 is 27.4 Å². The van der Waals surface area contributed by atoms with Crippen molar-refractivity contribution >= 4 is 29.8 Å². The molecule has 2 heterocycles. The number of hydrogen-bond acceptors (Lipinski definition) is 6. The van der Waals surface area contributed by atoms with Crippen molar-refractivity contribution in [1.29, 1.82) is 0 Å². The van der Waals surface area contributed by atoms with Crippen LogP contribution in [0.2, 0.25) is 0 Å². The molecule has 1 fully saturated rings. The molecular weight excluding hydrogens is 469 g/mol. The van der Waals surface area contributed by atoms with E-state index in [1.54, 1.807) is 32.2 Å². The van der Waals surface area contributed by atoms with Crippen LogP contribution in [0, 0.1) is 6.92 Å². The van der Waals surface area contributed by atoms with E-state index in [2.05, 4.69) is 27.0 Å². The fourth-order valence-electron chi connectivity index (χ4n) is 3.08. The van der Waals surface area contributed by atoms with E-state index in [1.807, 2.05) is 13.0 Å². The average Bonchev–Trinajstić information content (AvgIpc) is 3.44. The molecular formula is C23H25F3N4O3S. The van der Waals surface area contributed by atoms with Crippen LogP contribution < -0.4 is 10.1 Å². The van der Waals surface area contributed by atoms with Crippen molar-refractivity contribution in [2.24, 2.45) is 9.98 Å². The summed E-state index contributed by atoms with van der Waals surface area (Å²) in [7, 11) is 0. The normalized spacial score (nSPS) is 18.0. The molecule has 34 heavy (non-hydrogen) atoms. The monoisotopic (exact) mass is 494 g/mol. The Hall–Kier alpha value is -3.05. The minimum Gasteiger partial charge on any atom is -0.488 e. The van der Waals surface area contributed by atoms with E-state index in [0.29, 0.717) is 30.1 Å². The van der Waals surface area contributed by atoms with Crippen molar-refractivity contribution in [2.45, 2.75) is 45.5 Å². The Kier molecular flexibility index (Phi) is 8.21. The molecule has 7 nitrogen and oxygen atoms in total. The van der Waals surface area contributed by atoms with Crippen molar-refractivity contribution in [2.75, 3.05) is 13.2 Å². The molecule has 1 aliphatic heterocycles. The smallest absolute Gasteiger partial charge is 0.451 e. The number of amides is 1. The van der Waals surface area contributed by atoms with Crippen LogP contribution in [-0.2, 0) is 4.74 Å². The molecule has 0 aliphatic carbocycles. The van der Waals surface area contributed by atoms with Gasteiger partial charge < -0.3 is 14.8 Å². The first-order valence-corrected chi connectivity index (χ1v) is 11.3. The molecule has 2 atom stereocenters. The van der Waals surface area contributed by atoms with Gasteiger partial charge in [-0.05, 0) is 51.3 Å². The molecule has 1 amide bonds. The molecule has 1 aliphatic rings. The number of halogens is 3. The maximum atomic E-state index is 13.0. The van der Waals surface area contributed by atoms with Gasteiger partial charge in [-0.3, -0.25) is 4.79 Å². The highest BCUT2D eigenvalue weighted by Gasteiger charge is 2.35. The van der Waals surface area contributed by atoms with Crippen molar-refractivity contribution in [3.8, 4) is 16.3 Å². The van der Waals surface area contributed by atoms with Crippen molar-refractivity contribution in [3.63, 3.8) is 0 Å². The maximum Gasteiger partial charge on any atom is 0.451 e. The van der Waals surface area contributed by atoms with Crippen LogP contribution in [0.4, 0.5) is 13.2 Å². The second-order valence-corrected chi connectivity index (χ2v) is 9.04. The third-order valence-corrected chi connectivity index (χ3v) is 6.01. The molecule has 11 heteroatoms. The highest BCUT2D eigenvalue weighted by Crippen LogP contribution is 2.30. The molecule has 1 aromatic heterocycles. The molecule has 0 bridgehead atoms. The van der Waals surface area contributed by atoms with Gasteiger partial charge in [0.15, 0.2) is 0 Å². The van der Waals surface area contributed by atoms with Gasteiger partial charge in [0, 0.05) is 40.9 Å². The lowest BCUT2D eigenvalue weighted by Crippen LogP contribution is -2.33. The number of carbonyl (C=O) groups is 1. The van der Waals surface area contributed by atoms with Gasteiger partial charge in [-0.25, -0.2) is 15.0 Å². The minimum absolute atomic E-state index is 0.104. The predicted molar refractivity (Wildman–Crippen MR) is 126 cm³/mol. The number of ether oxygens (including phenoxy) is 2. The summed E-state index contributed by atoms with van der Waals surface area (Å²) < 4.78 is 49.7. The topological polar surface area (TPSA) is 85.2 Å². The lowest BCUT2D eigenvalue weighted by Gasteiger charge is -2.17. The van der Waals surface area contributed by atoms with Gasteiger partial charge in [0.2, 0.25) is 5.84 Å². The molecule has 0 radical (unpaired) electrons. The van der Waals surface area contributed by atoms with Gasteiger partial charge in [0.1, 0.15) is 16.9 Å². The lowest BCUT2D eigenvalue weighted by molar-refractivity contribution is -0.0596. The maximum absolute atomic E-state index is 13.0. The van der Waals surface area contributed by atoms with E-state index in [9.17, 15) is 18.0 Å². The molecule has 1 aromatic carbocycles. The third-order valence-electron chi connectivity index (χ3n) is 5.05. The molecule has 0 unspecified atom stereocenters. The van der Waals surface area contributed by atoms with E-state index in [4.69, 9.17) is 9.47 Å². The Bertz CT molecular complexity index is 1110. The highest BCUT2D eigenvalue weighted by atomic mass is 32.1. The summed E-state index contributed by atoms with van der Waals surface area (Å²) in [6.45, 7) is 9.14. The summed E-state index contributed by atoms with van der Waals surface area (Å²) in [5.41, 5.74) is 1.48. The number of aromatic nitrogens is 1. The van der Waals surface area contributed by atoms with Crippen LogP contribution in [0.25, 0.3) is 10.6 Å². The van der Waals surface area contributed by atoms with Gasteiger partial charge in [0.25, 0.3) is 5.91 Å². The third kappa shape index (κ3) is 6.73. The number of nitrogens with one attached hydrogen (secondary N) is 1. The zero-order valence-corrected chi connectivity index (χ0v) is 19.8. The Morgan fingerprint density at radius 2 is 2.18 bits per heavy atom. The van der Waals surface area contributed by atoms with Gasteiger partial charge in [0.05, 0.1) is 13.2 Å². The summed E-state index contributed by atoms with van der Waals surface area (Å²) >= 11 is 1.49. The number of aliphatic imine (C=N–C) groups is 2. The Labute approximate surface area is 199 Å². The Morgan fingerprint density at radius 3 is 2.76 bits per heavy atom. The number of rotatable bonds is 7. The lowest BCUT2D eigenvalue weighted by atomic mass is 10.1. The van der Waals surface area contributed by atoms with Gasteiger partial charge >= 0.3 is 6.18 Å². The quantitative estimate of drug-likeness (QED) is 0.435. The fraction of sp³-hybridized carbons (Fsp3) is 0.391. The first-order valence-electron chi connectivity index (χ1n) is 10.5. The molecule has 2 aromatic rings. The number of benzene rings is 1. The molecule has 182 valence electrons. The van der Waals surface area contributed by atoms with Crippen LogP contribution >= 0.6 is 11.3 Å². The average molecular weight is 495 g/mol. The highest BCUT2D eigenvalue weighted by molar-refractivity contribution is 7.14. The van der Waals surface area contributed by atoms with Crippen LogP contribution in [0.15, 0.2) is 46.2 Å². The van der Waals surface area contributed by atoms with Crippen LogP contribution in [0.5, 0.6) is 5.75 Å². The summed E-state index contributed by atoms with van der Waals surface area (Å²) in [4.78, 5) is 24.7. The largest absolute Gasteiger partial charge is 0.488 e. The second kappa shape index (κ2) is 10.9. The SMILES string of the molecule is C=NC(=N/C=C(\C)[C@@H](C)NC(=O)c1cc(O[C@H]2CCOC2)cc(-c2ncc(C)s2)c1)C(F)(F)F. The number of nitrogens with zero attached hydrogens (tertiary/aromatic N) is 3. The summed E-state index contributed by atoms with van der Waals surface area (Å²) in [6.07, 6.45) is -1.29. The zero-order chi connectivity index (χ0) is 24.9. The molecule has 0 saturated carbocycles. The minimum atomic E-state index is -4.71. The second-order valence-electron chi connectivity index (χ2n) is 7.80. The van der Waals surface area contributed by atoms with E-state index >= 15 is 0 Å². The first-order chi connectivity index (χ1) is 16.1. The van der Waals surface area contributed by atoms with Crippen LogP contribution in [0.1, 0.15) is 35.5 Å². The summed E-state index contributed by atoms with van der Waals surface area (Å²) in [5.74, 6) is -1.25. The van der Waals surface area contributed by atoms with E-state index in [1.165, 1.54) is 11.3 Å². The number of amidine groups is 1. The molecule has 3 rings (SSSR count). The van der Waals surface area contributed by atoms with Crippen molar-refractivity contribution in [1.82, 2.24) is 10.3 Å². The van der Waals surface area contributed by atoms with Gasteiger partial charge in [-0.1, -0.05) is 0 Å². The predicted octanol–water partition coefficient (Wildman–Crippen LogP) is 4.97. The molecule has 0 spiro atoms. The first kappa shape index (κ1) is 25.6. The Morgan fingerprint density at radius 1 is 1.41 bits per heavy atom. The zero-order valence-electron chi connectivity index (χ0n) is 19.0. The molecule has 1 N–H and O–H groups in total. The van der Waals surface area contributed by atoms with Gasteiger partial charge in [-0.15, -0.1) is 11.3 Å². The fourth-order valence-corrected chi connectivity index (χ4v) is 3.83. The van der Waals surface area contributed by atoms with E-state index < -0.39 is 24.0 Å². The standard InChI is InChI=1S/C23H25F3N4O3S/c1-13(10-29-22(27-4)23(24,25)26)15(3)30-20(31)16-7-17(21-28-11-14(2)34-21)9-19(8-16)33-18-5-6-32-12-18/h7-11,15,18H,4-6,12H2,1-3H3,(H,30,31)/b13-10+,29-22?/t15-,18+/m1/s1. The number of thiazole rings is 1. The van der Waals surface area contributed by atoms with E-state index in [-0.39, 0.29) is 6.10 Å². The van der Waals surface area contributed by atoms with Crippen LogP contribution in [-0.4, -0.2) is 55.0 Å².